The van der Waals surface area contributed by atoms with E-state index >= 15 is 0 Å². The van der Waals surface area contributed by atoms with Gasteiger partial charge >= 0.3 is 6.09 Å². The Morgan fingerprint density at radius 1 is 1.04 bits per heavy atom. The van der Waals surface area contributed by atoms with Gasteiger partial charge in [0, 0.05) is 0 Å². The maximum Gasteiger partial charge on any atom is 0.408 e. The quantitative estimate of drug-likeness (QED) is 0.627. The first-order chi connectivity index (χ1) is 12.4. The van der Waals surface area contributed by atoms with Gasteiger partial charge in [-0.05, 0) is 17.4 Å². The minimum atomic E-state index is -0.755. The second-order valence-corrected chi connectivity index (χ2v) is 6.63. The normalized spacial score (nSPS) is 15.2. The molecule has 0 aromatic heterocycles. The van der Waals surface area contributed by atoms with Crippen LogP contribution in [0.15, 0.2) is 30.3 Å². The fourth-order valence-electron chi connectivity index (χ4n) is 2.41. The zero-order chi connectivity index (χ0) is 19.5. The van der Waals surface area contributed by atoms with Gasteiger partial charge in [-0.3, -0.25) is 4.79 Å². The summed E-state index contributed by atoms with van der Waals surface area (Å²) in [4.78, 5) is 36.0. The number of amides is 2. The van der Waals surface area contributed by atoms with Crippen molar-refractivity contribution in [2.45, 2.75) is 59.2 Å². The van der Waals surface area contributed by atoms with Crippen molar-refractivity contribution in [3.63, 3.8) is 0 Å². The number of benzene rings is 1. The molecule has 1 aromatic carbocycles. The molecule has 0 unspecified atom stereocenters. The summed E-state index contributed by atoms with van der Waals surface area (Å²) in [5.74, 6) is -0.434. The van der Waals surface area contributed by atoms with E-state index in [0.29, 0.717) is 6.42 Å². The molecule has 0 saturated heterocycles. The van der Waals surface area contributed by atoms with Crippen molar-refractivity contribution in [3.05, 3.63) is 35.9 Å². The molecular formula is C20H30N2O4. The number of aldehydes is 1. The van der Waals surface area contributed by atoms with Crippen molar-refractivity contribution in [3.8, 4) is 0 Å². The predicted molar refractivity (Wildman–Crippen MR) is 100 cm³/mol. The lowest BCUT2D eigenvalue weighted by Crippen LogP contribution is -2.54. The van der Waals surface area contributed by atoms with E-state index < -0.39 is 18.2 Å². The zero-order valence-corrected chi connectivity index (χ0v) is 16.0. The number of rotatable bonds is 10. The molecule has 4 atom stereocenters. The molecule has 0 radical (unpaired) electrons. The minimum Gasteiger partial charge on any atom is -0.445 e. The molecule has 1 aromatic rings. The SMILES string of the molecule is CC[C@H](C)[C@H](NC(=O)OCc1ccccc1)C(=O)N[C@H](C=O)[C@@H](C)CC. The van der Waals surface area contributed by atoms with E-state index in [1.807, 2.05) is 58.0 Å². The molecule has 0 aliphatic carbocycles. The van der Waals surface area contributed by atoms with Crippen LogP contribution in [0.2, 0.25) is 0 Å². The van der Waals surface area contributed by atoms with Crippen molar-refractivity contribution in [1.29, 1.82) is 0 Å². The maximum absolute atomic E-state index is 12.6. The van der Waals surface area contributed by atoms with Gasteiger partial charge in [-0.1, -0.05) is 70.9 Å². The van der Waals surface area contributed by atoms with Crippen molar-refractivity contribution in [1.82, 2.24) is 10.6 Å². The highest BCUT2D eigenvalue weighted by Crippen LogP contribution is 2.11. The molecule has 0 aliphatic rings. The van der Waals surface area contributed by atoms with Crippen molar-refractivity contribution >= 4 is 18.3 Å². The highest BCUT2D eigenvalue weighted by molar-refractivity contribution is 5.87. The molecule has 6 nitrogen and oxygen atoms in total. The summed E-state index contributed by atoms with van der Waals surface area (Å²) < 4.78 is 5.20. The maximum atomic E-state index is 12.6. The molecule has 144 valence electrons. The molecule has 0 bridgehead atoms. The van der Waals surface area contributed by atoms with Gasteiger partial charge in [-0.15, -0.1) is 0 Å². The summed E-state index contributed by atoms with van der Waals surface area (Å²) in [6.45, 7) is 7.80. The van der Waals surface area contributed by atoms with Gasteiger partial charge in [0.15, 0.2) is 0 Å². The third-order valence-corrected chi connectivity index (χ3v) is 4.69. The van der Waals surface area contributed by atoms with Crippen molar-refractivity contribution in [2.75, 3.05) is 0 Å². The summed E-state index contributed by atoms with van der Waals surface area (Å²) in [5, 5.41) is 5.37. The van der Waals surface area contributed by atoms with Crippen LogP contribution in [-0.4, -0.2) is 30.4 Å². The van der Waals surface area contributed by atoms with Gasteiger partial charge in [0.1, 0.15) is 18.9 Å². The van der Waals surface area contributed by atoms with Crippen LogP contribution < -0.4 is 10.6 Å². The van der Waals surface area contributed by atoms with E-state index in [0.717, 1.165) is 18.3 Å². The van der Waals surface area contributed by atoms with Gasteiger partial charge in [0.25, 0.3) is 0 Å². The third-order valence-electron chi connectivity index (χ3n) is 4.69. The molecule has 0 fully saturated rings. The lowest BCUT2D eigenvalue weighted by atomic mass is 9.96. The molecule has 1 rings (SSSR count). The van der Waals surface area contributed by atoms with Gasteiger partial charge in [0.05, 0.1) is 6.04 Å². The Bertz CT molecular complexity index is 576. The third kappa shape index (κ3) is 6.86. The van der Waals surface area contributed by atoms with Crippen molar-refractivity contribution in [2.24, 2.45) is 11.8 Å². The smallest absolute Gasteiger partial charge is 0.408 e. The minimum absolute atomic E-state index is 0.0269. The van der Waals surface area contributed by atoms with Crippen LogP contribution in [-0.2, 0) is 20.9 Å². The molecule has 0 heterocycles. The van der Waals surface area contributed by atoms with Crippen LogP contribution in [0.1, 0.15) is 46.1 Å². The van der Waals surface area contributed by atoms with Crippen LogP contribution in [0.25, 0.3) is 0 Å². The van der Waals surface area contributed by atoms with E-state index in [1.165, 1.54) is 0 Å². The molecule has 0 aliphatic heterocycles. The summed E-state index contributed by atoms with van der Waals surface area (Å²) in [6, 6.07) is 7.99. The topological polar surface area (TPSA) is 84.5 Å². The van der Waals surface area contributed by atoms with E-state index in [2.05, 4.69) is 10.6 Å². The van der Waals surface area contributed by atoms with E-state index in [4.69, 9.17) is 4.74 Å². The number of hydrogen-bond acceptors (Lipinski definition) is 4. The molecule has 2 N–H and O–H groups in total. The Morgan fingerprint density at radius 2 is 1.65 bits per heavy atom. The summed E-state index contributed by atoms with van der Waals surface area (Å²) in [7, 11) is 0. The van der Waals surface area contributed by atoms with Gasteiger partial charge in [0.2, 0.25) is 5.91 Å². The number of carbonyl (C=O) groups excluding carboxylic acids is 3. The molecule has 0 spiro atoms. The molecule has 0 saturated carbocycles. The molecule has 6 heteroatoms. The van der Waals surface area contributed by atoms with Crippen LogP contribution in [0, 0.1) is 11.8 Å². The Hall–Kier alpha value is -2.37. The first kappa shape index (κ1) is 21.7. The van der Waals surface area contributed by atoms with Crippen molar-refractivity contribution < 1.29 is 19.1 Å². The Morgan fingerprint density at radius 3 is 2.19 bits per heavy atom. The first-order valence-corrected chi connectivity index (χ1v) is 9.15. The molecular weight excluding hydrogens is 332 g/mol. The standard InChI is InChI=1S/C20H30N2O4/c1-5-14(3)17(12-23)21-19(24)18(15(4)6-2)22-20(25)26-13-16-10-8-7-9-11-16/h7-12,14-15,17-18H,5-6,13H2,1-4H3,(H,21,24)(H,22,25)/t14-,15-,17+,18-/m0/s1. The second kappa shape index (κ2) is 11.3. The lowest BCUT2D eigenvalue weighted by molar-refractivity contribution is -0.127. The highest BCUT2D eigenvalue weighted by atomic mass is 16.5. The lowest BCUT2D eigenvalue weighted by Gasteiger charge is -2.26. The van der Waals surface area contributed by atoms with E-state index in [9.17, 15) is 14.4 Å². The van der Waals surface area contributed by atoms with Gasteiger partial charge in [-0.25, -0.2) is 4.79 Å². The fraction of sp³-hybridized carbons (Fsp3) is 0.550. The summed E-state index contributed by atoms with van der Waals surface area (Å²) in [6.07, 6.45) is 1.56. The van der Waals surface area contributed by atoms with Crippen LogP contribution in [0.4, 0.5) is 4.79 Å². The Labute approximate surface area is 155 Å². The van der Waals surface area contributed by atoms with Gasteiger partial charge in [-0.2, -0.15) is 0 Å². The van der Waals surface area contributed by atoms with Crippen LogP contribution in [0.3, 0.4) is 0 Å². The number of nitrogens with one attached hydrogen (secondary N) is 2. The Kier molecular flexibility index (Phi) is 9.41. The van der Waals surface area contributed by atoms with Gasteiger partial charge < -0.3 is 20.2 Å². The number of hydrogen-bond donors (Lipinski definition) is 2. The molecule has 2 amide bonds. The van der Waals surface area contributed by atoms with Crippen LogP contribution >= 0.6 is 0 Å². The second-order valence-electron chi connectivity index (χ2n) is 6.63. The fourth-order valence-corrected chi connectivity index (χ4v) is 2.41. The number of carbonyl (C=O) groups is 3. The average molecular weight is 362 g/mol. The molecule has 26 heavy (non-hydrogen) atoms. The monoisotopic (exact) mass is 362 g/mol. The highest BCUT2D eigenvalue weighted by Gasteiger charge is 2.29. The zero-order valence-electron chi connectivity index (χ0n) is 16.0. The number of alkyl carbamates (subject to hydrolysis) is 1. The Balaban J connectivity index is 2.68. The van der Waals surface area contributed by atoms with E-state index in [1.54, 1.807) is 0 Å². The summed E-state index contributed by atoms with van der Waals surface area (Å²) in [5.41, 5.74) is 0.866. The predicted octanol–water partition coefficient (Wildman–Crippen LogP) is 3.06. The van der Waals surface area contributed by atoms with E-state index in [-0.39, 0.29) is 24.3 Å². The number of ether oxygens (including phenoxy) is 1. The summed E-state index contributed by atoms with van der Waals surface area (Å²) >= 11 is 0. The largest absolute Gasteiger partial charge is 0.445 e. The van der Waals surface area contributed by atoms with Crippen LogP contribution in [0.5, 0.6) is 0 Å². The first-order valence-electron chi connectivity index (χ1n) is 9.15. The average Bonchev–Trinajstić information content (AvgIpc) is 2.67.